The summed E-state index contributed by atoms with van der Waals surface area (Å²) >= 11 is 3.43. The number of quaternary nitrogens is 1. The number of hydrogen-bond donors (Lipinski definition) is 0. The van der Waals surface area contributed by atoms with Crippen molar-refractivity contribution in [3.05, 3.63) is 70.8 Å². The van der Waals surface area contributed by atoms with E-state index >= 15 is 0 Å². The molecule has 0 N–H and O–H groups in total. The molecule has 0 heterocycles. The Balaban J connectivity index is -0.000000452. The molecule has 0 aliphatic carbocycles. The normalized spacial score (nSPS) is 11.2. The van der Waals surface area contributed by atoms with Crippen LogP contribution in [0.25, 0.3) is 0 Å². The first-order valence-corrected chi connectivity index (χ1v) is 12.2. The highest BCUT2D eigenvalue weighted by Crippen LogP contribution is 2.23. The second-order valence-electron chi connectivity index (χ2n) is 11.8. The van der Waals surface area contributed by atoms with E-state index < -0.39 is 0 Å². The average Bonchev–Trinajstić information content (AvgIpc) is 2.59. The van der Waals surface area contributed by atoms with E-state index in [2.05, 4.69) is 127 Å². The third-order valence-corrected chi connectivity index (χ3v) is 5.10. The molecule has 0 radical (unpaired) electrons. The van der Waals surface area contributed by atoms with Gasteiger partial charge in [0.25, 0.3) is 0 Å². The van der Waals surface area contributed by atoms with Crippen LogP contribution < -0.4 is 17.0 Å². The summed E-state index contributed by atoms with van der Waals surface area (Å²) in [6.07, 6.45) is 0. The van der Waals surface area contributed by atoms with E-state index in [-0.39, 0.29) is 35.2 Å². The van der Waals surface area contributed by atoms with Crippen molar-refractivity contribution in [3.63, 3.8) is 0 Å². The third kappa shape index (κ3) is 18.3. The summed E-state index contributed by atoms with van der Waals surface area (Å²) in [6.45, 7) is 14.5. The van der Waals surface area contributed by atoms with E-state index in [0.717, 1.165) is 16.4 Å². The molecular formula is C29H52Br2N2. The molecule has 0 spiro atoms. The Labute approximate surface area is 226 Å². The van der Waals surface area contributed by atoms with Crippen LogP contribution in [0.2, 0.25) is 0 Å². The van der Waals surface area contributed by atoms with Gasteiger partial charge in [0.05, 0.1) is 21.1 Å². The number of halogens is 2. The summed E-state index contributed by atoms with van der Waals surface area (Å²) in [5.74, 6) is 0. The zero-order valence-corrected chi connectivity index (χ0v) is 25.9. The molecule has 0 bridgehead atoms. The standard InChI is InChI=1S/C14H24N.C11H15Br.C3H9N.CH4.BrH/c1-14(2,3)13-9-7-12(8-10-13)11-15(4,5)6;1-11(2,3)10-6-4-9(8-12)5-7-10;1-4(2)3;;/h7-10H,11H2,1-6H3;4-7H,8H2,1-3H3;1-3H3;1H4;1H/q+1;;;;/p-1. The molecule has 2 nitrogen and oxygen atoms in total. The molecule has 33 heavy (non-hydrogen) atoms. The lowest BCUT2D eigenvalue weighted by Gasteiger charge is -2.24. The van der Waals surface area contributed by atoms with Gasteiger partial charge in [0.1, 0.15) is 6.54 Å². The van der Waals surface area contributed by atoms with Crippen LogP contribution in [0.1, 0.15) is 71.2 Å². The summed E-state index contributed by atoms with van der Waals surface area (Å²) < 4.78 is 0.981. The number of nitrogens with zero attached hydrogens (tertiary/aromatic N) is 2. The van der Waals surface area contributed by atoms with Crippen molar-refractivity contribution in [2.24, 2.45) is 0 Å². The van der Waals surface area contributed by atoms with Crippen molar-refractivity contribution in [2.45, 2.75) is 71.7 Å². The summed E-state index contributed by atoms with van der Waals surface area (Å²) in [7, 11) is 12.7. The highest BCUT2D eigenvalue weighted by molar-refractivity contribution is 9.08. The second kappa shape index (κ2) is 16.1. The lowest BCUT2D eigenvalue weighted by molar-refractivity contribution is -0.884. The van der Waals surface area contributed by atoms with Crippen molar-refractivity contribution in [1.29, 1.82) is 0 Å². The molecule has 192 valence electrons. The van der Waals surface area contributed by atoms with Crippen LogP contribution in [0.4, 0.5) is 0 Å². The fraction of sp³-hybridized carbons (Fsp3) is 0.586. The maximum atomic E-state index is 3.43. The molecule has 2 aromatic carbocycles. The highest BCUT2D eigenvalue weighted by Gasteiger charge is 2.14. The maximum absolute atomic E-state index is 3.43. The van der Waals surface area contributed by atoms with Gasteiger partial charge in [-0.2, -0.15) is 0 Å². The van der Waals surface area contributed by atoms with Crippen LogP contribution in [0.15, 0.2) is 48.5 Å². The van der Waals surface area contributed by atoms with Crippen LogP contribution >= 0.6 is 15.9 Å². The zero-order chi connectivity index (χ0) is 24.5. The Morgan fingerprint density at radius 2 is 0.939 bits per heavy atom. The largest absolute Gasteiger partial charge is 1.00 e. The molecule has 2 rings (SSSR count). The minimum Gasteiger partial charge on any atom is -1.00 e. The van der Waals surface area contributed by atoms with Gasteiger partial charge in [0.2, 0.25) is 0 Å². The SMILES string of the molecule is C.CC(C)(C)c1ccc(CBr)cc1.CC(C)(C)c1ccc(C[N+](C)(C)C)cc1.CN(C)C.[Br-]. The molecule has 0 saturated heterocycles. The Kier molecular flexibility index (Phi) is 18.0. The molecule has 0 amide bonds. The lowest BCUT2D eigenvalue weighted by Crippen LogP contribution is -3.00. The Bertz CT molecular complexity index is 727. The monoisotopic (exact) mass is 586 g/mol. The molecule has 0 unspecified atom stereocenters. The first kappa shape index (κ1) is 36.9. The minimum absolute atomic E-state index is 0. The Hall–Kier alpha value is -0.680. The molecule has 4 heteroatoms. The summed E-state index contributed by atoms with van der Waals surface area (Å²) in [5, 5.41) is 0.942. The average molecular weight is 589 g/mol. The van der Waals surface area contributed by atoms with E-state index in [9.17, 15) is 0 Å². The van der Waals surface area contributed by atoms with Crippen LogP contribution in [-0.4, -0.2) is 51.7 Å². The number of hydrogen-bond acceptors (Lipinski definition) is 1. The van der Waals surface area contributed by atoms with Gasteiger partial charge in [-0.25, -0.2) is 0 Å². The lowest BCUT2D eigenvalue weighted by atomic mass is 9.87. The van der Waals surface area contributed by atoms with E-state index in [0.29, 0.717) is 0 Å². The van der Waals surface area contributed by atoms with Gasteiger partial charge >= 0.3 is 0 Å². The molecule has 0 fully saturated rings. The minimum atomic E-state index is 0. The topological polar surface area (TPSA) is 3.24 Å². The summed E-state index contributed by atoms with van der Waals surface area (Å²) in [4.78, 5) is 2.00. The van der Waals surface area contributed by atoms with Crippen molar-refractivity contribution >= 4 is 15.9 Å². The molecule has 2 aromatic rings. The van der Waals surface area contributed by atoms with E-state index in [1.165, 1.54) is 22.3 Å². The third-order valence-electron chi connectivity index (χ3n) is 4.45. The predicted octanol–water partition coefficient (Wildman–Crippen LogP) is 4.89. The van der Waals surface area contributed by atoms with Gasteiger partial charge in [-0.15, -0.1) is 0 Å². The van der Waals surface area contributed by atoms with E-state index in [4.69, 9.17) is 0 Å². The van der Waals surface area contributed by atoms with Gasteiger partial charge in [-0.3, -0.25) is 0 Å². The second-order valence-corrected chi connectivity index (χ2v) is 12.4. The van der Waals surface area contributed by atoms with Crippen molar-refractivity contribution in [3.8, 4) is 0 Å². The molecule has 0 aliphatic rings. The molecule has 0 saturated carbocycles. The fourth-order valence-electron chi connectivity index (χ4n) is 2.75. The molecule has 0 atom stereocenters. The van der Waals surface area contributed by atoms with Gasteiger partial charge in [-0.05, 0) is 48.7 Å². The molecule has 0 aliphatic heterocycles. The predicted molar refractivity (Wildman–Crippen MR) is 151 cm³/mol. The van der Waals surface area contributed by atoms with Gasteiger partial charge in [0, 0.05) is 10.9 Å². The molecular weight excluding hydrogens is 536 g/mol. The van der Waals surface area contributed by atoms with Gasteiger partial charge in [0.15, 0.2) is 0 Å². The first-order valence-electron chi connectivity index (χ1n) is 11.1. The van der Waals surface area contributed by atoms with Crippen LogP contribution in [0, 0.1) is 0 Å². The maximum Gasteiger partial charge on any atom is 0.104 e. The Morgan fingerprint density at radius 1 is 0.667 bits per heavy atom. The number of alkyl halides is 1. The number of rotatable bonds is 3. The summed E-state index contributed by atoms with van der Waals surface area (Å²) in [5.41, 5.74) is 6.08. The smallest absolute Gasteiger partial charge is 0.104 e. The quantitative estimate of drug-likeness (QED) is 0.365. The summed E-state index contributed by atoms with van der Waals surface area (Å²) in [6, 6.07) is 17.8. The van der Waals surface area contributed by atoms with E-state index in [1.54, 1.807) is 0 Å². The van der Waals surface area contributed by atoms with Crippen LogP contribution in [-0.2, 0) is 22.7 Å². The van der Waals surface area contributed by atoms with Crippen LogP contribution in [0.3, 0.4) is 0 Å². The molecule has 0 aromatic heterocycles. The van der Waals surface area contributed by atoms with E-state index in [1.807, 2.05) is 26.0 Å². The number of benzene rings is 2. The fourth-order valence-corrected chi connectivity index (χ4v) is 3.13. The van der Waals surface area contributed by atoms with Gasteiger partial charge < -0.3 is 26.4 Å². The highest BCUT2D eigenvalue weighted by atomic mass is 79.9. The van der Waals surface area contributed by atoms with Crippen LogP contribution in [0.5, 0.6) is 0 Å². The zero-order valence-electron chi connectivity index (χ0n) is 22.7. The van der Waals surface area contributed by atoms with Crippen molar-refractivity contribution in [2.75, 3.05) is 42.3 Å². The van der Waals surface area contributed by atoms with Crippen molar-refractivity contribution < 1.29 is 21.5 Å². The first-order chi connectivity index (χ1) is 14.0. The van der Waals surface area contributed by atoms with Crippen molar-refractivity contribution in [1.82, 2.24) is 4.90 Å². The Morgan fingerprint density at radius 3 is 1.15 bits per heavy atom. The van der Waals surface area contributed by atoms with Gasteiger partial charge in [-0.1, -0.05) is 113 Å².